The molecule has 0 saturated heterocycles. The van der Waals surface area contributed by atoms with Crippen molar-refractivity contribution in [1.82, 2.24) is 29.7 Å². The molecule has 0 aliphatic rings. The van der Waals surface area contributed by atoms with E-state index in [0.29, 0.717) is 4.57 Å². The first-order valence-corrected chi connectivity index (χ1v) is 12.8. The molecule has 0 fully saturated rings. The second kappa shape index (κ2) is 14.3. The molecule has 0 radical (unpaired) electrons. The van der Waals surface area contributed by atoms with Crippen molar-refractivity contribution in [3.63, 3.8) is 0 Å². The highest BCUT2D eigenvalue weighted by Crippen LogP contribution is 2.27. The van der Waals surface area contributed by atoms with Gasteiger partial charge in [-0.3, -0.25) is 19.0 Å². The van der Waals surface area contributed by atoms with Crippen LogP contribution in [-0.2, 0) is 27.3 Å². The number of rotatable bonds is 11. The summed E-state index contributed by atoms with van der Waals surface area (Å²) in [6.07, 6.45) is -4.25. The lowest BCUT2D eigenvalue weighted by Crippen LogP contribution is -2.44. The molecule has 1 atom stereocenters. The molecule has 0 bridgehead atoms. The van der Waals surface area contributed by atoms with Gasteiger partial charge in [0, 0.05) is 19.5 Å². The second-order valence-electron chi connectivity index (χ2n) is 9.21. The SMILES string of the molecule is CNC(=O)C=CCCC(NC(=O)OC)C(=O)Nc1cncn(Cc2nc3c(CCC(F)(F)F)cc(F)cc3n2C(=O)O)c1=O. The summed E-state index contributed by atoms with van der Waals surface area (Å²) in [6, 6.07) is 0.409. The number of aryl methyl sites for hydroxylation is 1. The van der Waals surface area contributed by atoms with Gasteiger partial charge in [-0.2, -0.15) is 13.2 Å². The van der Waals surface area contributed by atoms with E-state index in [2.05, 4.69) is 30.7 Å². The van der Waals surface area contributed by atoms with E-state index in [4.69, 9.17) is 0 Å². The fourth-order valence-corrected chi connectivity index (χ4v) is 4.07. The number of amides is 3. The van der Waals surface area contributed by atoms with Gasteiger partial charge in [-0.25, -0.2) is 28.5 Å². The third-order valence-corrected chi connectivity index (χ3v) is 6.14. The monoisotopic (exact) mass is 625 g/mol. The first kappa shape index (κ1) is 33.2. The van der Waals surface area contributed by atoms with Crippen molar-refractivity contribution in [2.24, 2.45) is 0 Å². The highest BCUT2D eigenvalue weighted by Gasteiger charge is 2.28. The van der Waals surface area contributed by atoms with E-state index in [-0.39, 0.29) is 46.9 Å². The van der Waals surface area contributed by atoms with Gasteiger partial charge in [0.1, 0.15) is 23.4 Å². The summed E-state index contributed by atoms with van der Waals surface area (Å²) in [5, 5.41) is 16.8. The smallest absolute Gasteiger partial charge is 0.417 e. The standard InChI is InChI=1S/C26H27F4N7O7/c1-31-20(38)6-4-3-5-16(34-24(41)44-2)22(39)33-17-11-32-13-36(23(17)40)12-19-35-21-14(7-8-26(28,29)30)9-15(27)10-18(21)37(19)25(42)43/h4,6,9-11,13,16H,3,5,7-8,12H2,1-2H3,(H,31,38)(H,33,39)(H,34,41)(H,42,43). The fourth-order valence-electron chi connectivity index (χ4n) is 4.07. The van der Waals surface area contributed by atoms with Gasteiger partial charge < -0.3 is 25.8 Å². The molecule has 1 unspecified atom stereocenters. The molecule has 3 aromatic rings. The van der Waals surface area contributed by atoms with Crippen LogP contribution in [0.5, 0.6) is 0 Å². The lowest BCUT2D eigenvalue weighted by molar-refractivity contribution is -0.134. The number of anilines is 1. The summed E-state index contributed by atoms with van der Waals surface area (Å²) in [5.74, 6) is -2.55. The van der Waals surface area contributed by atoms with Crippen LogP contribution in [-0.4, -0.2) is 74.6 Å². The third kappa shape index (κ3) is 8.62. The van der Waals surface area contributed by atoms with E-state index in [1.807, 2.05) is 0 Å². The van der Waals surface area contributed by atoms with E-state index in [0.717, 1.165) is 36.3 Å². The molecule has 18 heteroatoms. The Bertz CT molecular complexity index is 1650. The number of benzene rings is 1. The predicted octanol–water partition coefficient (Wildman–Crippen LogP) is 2.55. The number of imidazole rings is 1. The molecule has 1 aromatic carbocycles. The molecule has 236 valence electrons. The number of likely N-dealkylation sites (N-methyl/N-ethyl adjacent to an activating group) is 1. The Morgan fingerprint density at radius 2 is 1.93 bits per heavy atom. The van der Waals surface area contributed by atoms with E-state index < -0.39 is 61.1 Å². The summed E-state index contributed by atoms with van der Waals surface area (Å²) in [6.45, 7) is -0.578. The maximum absolute atomic E-state index is 14.3. The van der Waals surface area contributed by atoms with Crippen molar-refractivity contribution in [3.05, 3.63) is 64.4 Å². The molecule has 0 saturated carbocycles. The topological polar surface area (TPSA) is 187 Å². The van der Waals surface area contributed by atoms with Crippen LogP contribution in [0.1, 0.15) is 30.7 Å². The maximum atomic E-state index is 14.3. The molecule has 0 aliphatic heterocycles. The van der Waals surface area contributed by atoms with Crippen molar-refractivity contribution in [2.45, 2.75) is 44.4 Å². The number of nitrogens with zero attached hydrogens (tertiary/aromatic N) is 4. The summed E-state index contributed by atoms with van der Waals surface area (Å²) in [4.78, 5) is 69.3. The number of carboxylic acid groups (broad SMARTS) is 1. The number of hydrogen-bond acceptors (Lipinski definition) is 8. The first-order valence-electron chi connectivity index (χ1n) is 12.8. The largest absolute Gasteiger partial charge is 0.464 e. The summed E-state index contributed by atoms with van der Waals surface area (Å²) in [7, 11) is 2.50. The number of halogens is 4. The van der Waals surface area contributed by atoms with E-state index >= 15 is 0 Å². The van der Waals surface area contributed by atoms with Crippen molar-refractivity contribution in [2.75, 3.05) is 19.5 Å². The molecular formula is C26H27F4N7O7. The van der Waals surface area contributed by atoms with Crippen molar-refractivity contribution >= 4 is 40.7 Å². The van der Waals surface area contributed by atoms with Crippen LogP contribution < -0.4 is 21.5 Å². The van der Waals surface area contributed by atoms with Crippen LogP contribution in [0.4, 0.5) is 32.8 Å². The second-order valence-corrected chi connectivity index (χ2v) is 9.21. The van der Waals surface area contributed by atoms with Gasteiger partial charge in [-0.05, 0) is 37.0 Å². The number of carbonyl (C=O) groups is 4. The minimum Gasteiger partial charge on any atom is -0.464 e. The Kier molecular flexibility index (Phi) is 10.8. The average Bonchev–Trinajstić information content (AvgIpc) is 3.32. The zero-order valence-electron chi connectivity index (χ0n) is 23.3. The Balaban J connectivity index is 1.91. The van der Waals surface area contributed by atoms with Crippen molar-refractivity contribution in [1.29, 1.82) is 0 Å². The van der Waals surface area contributed by atoms with Crippen LogP contribution in [0.25, 0.3) is 11.0 Å². The van der Waals surface area contributed by atoms with Crippen LogP contribution in [0, 0.1) is 5.82 Å². The quantitative estimate of drug-likeness (QED) is 0.184. The van der Waals surface area contributed by atoms with E-state index in [1.54, 1.807) is 0 Å². The Labute approximate surface area is 245 Å². The highest BCUT2D eigenvalue weighted by atomic mass is 19.4. The molecule has 14 nitrogen and oxygen atoms in total. The summed E-state index contributed by atoms with van der Waals surface area (Å²) < 4.78 is 58.7. The molecule has 3 amide bonds. The number of nitrogens with one attached hydrogen (secondary N) is 3. The number of alkyl halides is 3. The van der Waals surface area contributed by atoms with Gasteiger partial charge in [0.05, 0.1) is 37.2 Å². The number of methoxy groups -OCH3 is 1. The van der Waals surface area contributed by atoms with Crippen LogP contribution in [0.3, 0.4) is 0 Å². The number of alkyl carbamates (subject to hydrolysis) is 1. The highest BCUT2D eigenvalue weighted by molar-refractivity contribution is 5.96. The van der Waals surface area contributed by atoms with Gasteiger partial charge in [0.25, 0.3) is 5.56 Å². The molecular weight excluding hydrogens is 598 g/mol. The van der Waals surface area contributed by atoms with Crippen LogP contribution >= 0.6 is 0 Å². The first-order chi connectivity index (χ1) is 20.7. The average molecular weight is 626 g/mol. The summed E-state index contributed by atoms with van der Waals surface area (Å²) in [5.41, 5.74) is -1.94. The van der Waals surface area contributed by atoms with Gasteiger partial charge in [-0.1, -0.05) is 6.08 Å². The predicted molar refractivity (Wildman–Crippen MR) is 145 cm³/mol. The number of carbonyl (C=O) groups excluding carboxylic acids is 3. The van der Waals surface area contributed by atoms with Gasteiger partial charge in [0.15, 0.2) is 0 Å². The normalized spacial score (nSPS) is 12.2. The molecule has 3 rings (SSSR count). The summed E-state index contributed by atoms with van der Waals surface area (Å²) >= 11 is 0. The van der Waals surface area contributed by atoms with Crippen LogP contribution in [0.15, 0.2) is 41.6 Å². The molecule has 44 heavy (non-hydrogen) atoms. The van der Waals surface area contributed by atoms with Crippen molar-refractivity contribution < 1.29 is 46.6 Å². The van der Waals surface area contributed by atoms with Gasteiger partial charge in [-0.15, -0.1) is 0 Å². The van der Waals surface area contributed by atoms with E-state index in [1.165, 1.54) is 19.2 Å². The van der Waals surface area contributed by atoms with Crippen LogP contribution in [0.2, 0.25) is 0 Å². The molecule has 0 spiro atoms. The minimum absolute atomic E-state index is 0.00124. The Hall–Kier alpha value is -5.29. The molecule has 2 aromatic heterocycles. The zero-order valence-corrected chi connectivity index (χ0v) is 23.3. The van der Waals surface area contributed by atoms with E-state index in [9.17, 15) is 46.6 Å². The van der Waals surface area contributed by atoms with Crippen molar-refractivity contribution in [3.8, 4) is 0 Å². The third-order valence-electron chi connectivity index (χ3n) is 6.14. The van der Waals surface area contributed by atoms with Gasteiger partial charge in [0.2, 0.25) is 11.8 Å². The number of aromatic nitrogens is 4. The zero-order chi connectivity index (χ0) is 32.6. The Morgan fingerprint density at radius 3 is 2.57 bits per heavy atom. The lowest BCUT2D eigenvalue weighted by atomic mass is 10.1. The number of hydrogen-bond donors (Lipinski definition) is 4. The fraction of sp³-hybridized carbons (Fsp3) is 0.346. The van der Waals surface area contributed by atoms with Gasteiger partial charge >= 0.3 is 18.4 Å². The molecule has 4 N–H and O–H groups in total. The minimum atomic E-state index is -4.56. The maximum Gasteiger partial charge on any atom is 0.417 e. The number of allylic oxidation sites excluding steroid dienone is 1. The molecule has 2 heterocycles. The molecule has 0 aliphatic carbocycles. The Morgan fingerprint density at radius 1 is 1.20 bits per heavy atom. The number of fused-ring (bicyclic) bond motifs is 1. The lowest BCUT2D eigenvalue weighted by Gasteiger charge is -2.17. The number of ether oxygens (including phenoxy) is 1.